The Hall–Kier alpha value is -2.04. The van der Waals surface area contributed by atoms with Crippen LogP contribution in [0.1, 0.15) is 38.1 Å². The molecule has 0 aliphatic heterocycles. The van der Waals surface area contributed by atoms with E-state index < -0.39 is 11.7 Å². The minimum atomic E-state index is -1.23. The molecule has 0 bridgehead atoms. The summed E-state index contributed by atoms with van der Waals surface area (Å²) >= 11 is 0. The number of aromatic hydroxyl groups is 1. The van der Waals surface area contributed by atoms with Gasteiger partial charge in [-0.15, -0.1) is 0 Å². The monoisotopic (exact) mass is 277 g/mol. The van der Waals surface area contributed by atoms with E-state index in [4.69, 9.17) is 5.11 Å². The summed E-state index contributed by atoms with van der Waals surface area (Å²) in [6.07, 6.45) is 0. The van der Waals surface area contributed by atoms with Crippen LogP contribution in [-0.2, 0) is 4.79 Å². The Bertz CT molecular complexity index is 576. The minimum absolute atomic E-state index is 0.114. The molecule has 2 rings (SSSR count). The molecule has 1 aliphatic carbocycles. The second kappa shape index (κ2) is 4.23. The van der Waals surface area contributed by atoms with Gasteiger partial charge in [0.05, 0.1) is 5.69 Å². The predicted molar refractivity (Wildman–Crippen MR) is 74.7 cm³/mol. The SMILES string of the molecule is CC1(C)C(C(=O)Nc2cccc(C(=O)O)c2O)C1(C)C. The fourth-order valence-electron chi connectivity index (χ4n) is 2.87. The van der Waals surface area contributed by atoms with Gasteiger partial charge < -0.3 is 15.5 Å². The normalized spacial score (nSPS) is 19.4. The summed E-state index contributed by atoms with van der Waals surface area (Å²) in [7, 11) is 0. The largest absolute Gasteiger partial charge is 0.505 e. The molecule has 0 unspecified atom stereocenters. The molecule has 5 nitrogen and oxygen atoms in total. The van der Waals surface area contributed by atoms with Crippen LogP contribution >= 0.6 is 0 Å². The molecule has 5 heteroatoms. The number of nitrogens with one attached hydrogen (secondary N) is 1. The van der Waals surface area contributed by atoms with Crippen molar-refractivity contribution in [2.75, 3.05) is 5.32 Å². The predicted octanol–water partition coefficient (Wildman–Crippen LogP) is 2.71. The lowest BCUT2D eigenvalue weighted by atomic mass is 10.0. The number of phenols is 1. The zero-order chi connectivity index (χ0) is 15.3. The van der Waals surface area contributed by atoms with Crippen LogP contribution < -0.4 is 5.32 Å². The van der Waals surface area contributed by atoms with E-state index in [0.29, 0.717) is 0 Å². The van der Waals surface area contributed by atoms with Crippen LogP contribution in [0.4, 0.5) is 5.69 Å². The number of hydrogen-bond acceptors (Lipinski definition) is 3. The van der Waals surface area contributed by atoms with Crippen molar-refractivity contribution in [1.82, 2.24) is 0 Å². The maximum Gasteiger partial charge on any atom is 0.339 e. The summed E-state index contributed by atoms with van der Waals surface area (Å²) in [6.45, 7) is 8.07. The van der Waals surface area contributed by atoms with Crippen LogP contribution in [0, 0.1) is 16.7 Å². The lowest BCUT2D eigenvalue weighted by molar-refractivity contribution is -0.118. The Morgan fingerprint density at radius 1 is 1.15 bits per heavy atom. The van der Waals surface area contributed by atoms with Crippen LogP contribution in [0.3, 0.4) is 0 Å². The molecule has 1 fully saturated rings. The second-order valence-corrected chi connectivity index (χ2v) is 6.37. The zero-order valence-electron chi connectivity index (χ0n) is 12.0. The van der Waals surface area contributed by atoms with Crippen molar-refractivity contribution in [3.05, 3.63) is 23.8 Å². The van der Waals surface area contributed by atoms with Gasteiger partial charge in [0.15, 0.2) is 5.75 Å². The molecule has 1 amide bonds. The van der Waals surface area contributed by atoms with E-state index in [-0.39, 0.29) is 33.9 Å². The summed E-state index contributed by atoms with van der Waals surface area (Å²) in [6, 6.07) is 4.27. The van der Waals surface area contributed by atoms with Crippen molar-refractivity contribution in [3.8, 4) is 5.75 Å². The first-order valence-electron chi connectivity index (χ1n) is 6.47. The van der Waals surface area contributed by atoms with Crippen molar-refractivity contribution >= 4 is 17.6 Å². The van der Waals surface area contributed by atoms with Crippen molar-refractivity contribution in [2.24, 2.45) is 16.7 Å². The van der Waals surface area contributed by atoms with E-state index in [1.54, 1.807) is 0 Å². The molecule has 0 atom stereocenters. The maximum atomic E-state index is 12.3. The van der Waals surface area contributed by atoms with Gasteiger partial charge in [-0.25, -0.2) is 4.79 Å². The molecule has 0 spiro atoms. The molecule has 0 heterocycles. The number of carbonyl (C=O) groups excluding carboxylic acids is 1. The van der Waals surface area contributed by atoms with Gasteiger partial charge in [0, 0.05) is 5.92 Å². The van der Waals surface area contributed by atoms with Gasteiger partial charge in [0.1, 0.15) is 5.56 Å². The minimum Gasteiger partial charge on any atom is -0.505 e. The molecule has 1 aromatic carbocycles. The lowest BCUT2D eigenvalue weighted by Crippen LogP contribution is -2.18. The third-order valence-electron chi connectivity index (χ3n) is 4.81. The Morgan fingerprint density at radius 3 is 2.15 bits per heavy atom. The van der Waals surface area contributed by atoms with Gasteiger partial charge in [-0.1, -0.05) is 33.8 Å². The van der Waals surface area contributed by atoms with Gasteiger partial charge in [-0.2, -0.15) is 0 Å². The molecule has 1 aromatic rings. The van der Waals surface area contributed by atoms with E-state index >= 15 is 0 Å². The van der Waals surface area contributed by atoms with Crippen LogP contribution in [0.2, 0.25) is 0 Å². The van der Waals surface area contributed by atoms with Gasteiger partial charge in [0.25, 0.3) is 0 Å². The summed E-state index contributed by atoms with van der Waals surface area (Å²) < 4.78 is 0. The van der Waals surface area contributed by atoms with E-state index in [1.807, 2.05) is 27.7 Å². The average molecular weight is 277 g/mol. The number of aromatic carboxylic acids is 1. The summed E-state index contributed by atoms with van der Waals surface area (Å²) in [4.78, 5) is 23.2. The average Bonchev–Trinajstić information content (AvgIpc) is 2.71. The molecule has 3 N–H and O–H groups in total. The Balaban J connectivity index is 2.23. The molecule has 1 saturated carbocycles. The molecule has 108 valence electrons. The second-order valence-electron chi connectivity index (χ2n) is 6.37. The molecular formula is C15H19NO4. The maximum absolute atomic E-state index is 12.3. The number of benzene rings is 1. The summed E-state index contributed by atoms with van der Waals surface area (Å²) in [5.74, 6) is -2.00. The van der Waals surface area contributed by atoms with E-state index in [0.717, 1.165) is 0 Å². The Kier molecular flexibility index (Phi) is 3.04. The Labute approximate surface area is 117 Å². The smallest absolute Gasteiger partial charge is 0.339 e. The van der Waals surface area contributed by atoms with E-state index in [1.165, 1.54) is 18.2 Å². The van der Waals surface area contributed by atoms with Crippen LogP contribution in [0.15, 0.2) is 18.2 Å². The highest BCUT2D eigenvalue weighted by Gasteiger charge is 2.68. The standard InChI is InChI=1S/C15H19NO4/c1-14(2)11(15(14,3)4)12(18)16-9-7-5-6-8(10(9)17)13(19)20/h5-7,11,17H,1-4H3,(H,16,18)(H,19,20). The van der Waals surface area contributed by atoms with E-state index in [2.05, 4.69) is 5.32 Å². The van der Waals surface area contributed by atoms with Crippen LogP contribution in [0.5, 0.6) is 5.75 Å². The number of hydrogen-bond donors (Lipinski definition) is 3. The third kappa shape index (κ3) is 1.94. The number of amides is 1. The molecule has 0 aromatic heterocycles. The molecular weight excluding hydrogens is 258 g/mol. The van der Waals surface area contributed by atoms with Gasteiger partial charge in [-0.05, 0) is 23.0 Å². The number of carbonyl (C=O) groups is 2. The van der Waals surface area contributed by atoms with Crippen molar-refractivity contribution in [1.29, 1.82) is 0 Å². The zero-order valence-corrected chi connectivity index (χ0v) is 12.0. The first-order valence-corrected chi connectivity index (χ1v) is 6.47. The first-order chi connectivity index (χ1) is 9.10. The number of para-hydroxylation sites is 1. The number of rotatable bonds is 3. The highest BCUT2D eigenvalue weighted by molar-refractivity contribution is 6.00. The van der Waals surface area contributed by atoms with Crippen LogP contribution in [0.25, 0.3) is 0 Å². The Morgan fingerprint density at radius 2 is 1.70 bits per heavy atom. The van der Waals surface area contributed by atoms with Crippen LogP contribution in [-0.4, -0.2) is 22.1 Å². The van der Waals surface area contributed by atoms with E-state index in [9.17, 15) is 14.7 Å². The quantitative estimate of drug-likeness (QED) is 0.741. The topological polar surface area (TPSA) is 86.6 Å². The van der Waals surface area contributed by atoms with Gasteiger partial charge in [0.2, 0.25) is 5.91 Å². The summed E-state index contributed by atoms with van der Waals surface area (Å²) in [5.41, 5.74) is -0.320. The summed E-state index contributed by atoms with van der Waals surface area (Å²) in [5, 5.41) is 21.4. The number of carboxylic acids is 1. The molecule has 0 saturated heterocycles. The lowest BCUT2D eigenvalue weighted by Gasteiger charge is -2.10. The fraction of sp³-hybridized carbons (Fsp3) is 0.467. The highest BCUT2D eigenvalue weighted by atomic mass is 16.4. The molecule has 20 heavy (non-hydrogen) atoms. The van der Waals surface area contributed by atoms with Gasteiger partial charge in [-0.3, -0.25) is 4.79 Å². The number of carboxylic acid groups (broad SMARTS) is 1. The fourth-order valence-corrected chi connectivity index (χ4v) is 2.87. The van der Waals surface area contributed by atoms with Crippen molar-refractivity contribution in [2.45, 2.75) is 27.7 Å². The first kappa shape index (κ1) is 14.4. The molecule has 0 radical (unpaired) electrons. The highest BCUT2D eigenvalue weighted by Crippen LogP contribution is 2.68. The van der Waals surface area contributed by atoms with Crippen molar-refractivity contribution < 1.29 is 19.8 Å². The van der Waals surface area contributed by atoms with Gasteiger partial charge >= 0.3 is 5.97 Å². The van der Waals surface area contributed by atoms with Crippen molar-refractivity contribution in [3.63, 3.8) is 0 Å². The number of anilines is 1. The molecule has 1 aliphatic rings. The third-order valence-corrected chi connectivity index (χ3v) is 4.81.